The Hall–Kier alpha value is -3.41. The van der Waals surface area contributed by atoms with E-state index in [2.05, 4.69) is 10.1 Å². The quantitative estimate of drug-likeness (QED) is 0.685. The largest absolute Gasteiger partial charge is 0.478 e. The molecule has 0 aliphatic rings. The van der Waals surface area contributed by atoms with Gasteiger partial charge in [0.15, 0.2) is 0 Å². The van der Waals surface area contributed by atoms with Crippen molar-refractivity contribution in [3.63, 3.8) is 0 Å². The maximum absolute atomic E-state index is 12.1. The highest BCUT2D eigenvalue weighted by Gasteiger charge is 2.07. The first-order valence-corrected chi connectivity index (χ1v) is 8.76. The fourth-order valence-corrected chi connectivity index (χ4v) is 2.44. The summed E-state index contributed by atoms with van der Waals surface area (Å²) in [4.78, 5) is 16.1. The molecule has 1 heterocycles. The smallest absolute Gasteiger partial charge is 0.439 e. The molecule has 138 valence electrons. The van der Waals surface area contributed by atoms with E-state index in [1.54, 1.807) is 22.9 Å². The van der Waals surface area contributed by atoms with Crippen molar-refractivity contribution in [2.75, 3.05) is 6.61 Å². The second kappa shape index (κ2) is 8.80. The van der Waals surface area contributed by atoms with E-state index in [-0.39, 0.29) is 0 Å². The molecule has 0 unspecified atom stereocenters. The number of aromatic nitrogens is 2. The Morgan fingerprint density at radius 2 is 1.93 bits per heavy atom. The molecule has 0 radical (unpaired) electrons. The lowest BCUT2D eigenvalue weighted by atomic mass is 10.2. The van der Waals surface area contributed by atoms with E-state index in [0.717, 1.165) is 17.7 Å². The van der Waals surface area contributed by atoms with Crippen LogP contribution in [-0.4, -0.2) is 22.5 Å². The summed E-state index contributed by atoms with van der Waals surface area (Å²) in [5, 5.41) is 4.73. The van der Waals surface area contributed by atoms with Crippen LogP contribution in [0.3, 0.4) is 0 Å². The lowest BCUT2D eigenvalue weighted by molar-refractivity contribution is 0.210. The molecule has 1 amide bonds. The summed E-state index contributed by atoms with van der Waals surface area (Å²) in [6.45, 7) is 4.48. The fourth-order valence-electron chi connectivity index (χ4n) is 2.44. The molecule has 3 aromatic rings. The second-order valence-corrected chi connectivity index (χ2v) is 5.94. The molecule has 0 atom stereocenters. The summed E-state index contributed by atoms with van der Waals surface area (Å²) in [5.74, 6) is 0.960. The number of hydrogen-bond donors (Lipinski definition) is 0. The van der Waals surface area contributed by atoms with Gasteiger partial charge in [-0.1, -0.05) is 37.3 Å². The number of carbonyl (C=O) groups is 1. The Kier molecular flexibility index (Phi) is 5.99. The molecule has 6 nitrogen and oxygen atoms in total. The van der Waals surface area contributed by atoms with Gasteiger partial charge in [-0.2, -0.15) is 10.1 Å². The number of amides is 1. The van der Waals surface area contributed by atoms with Gasteiger partial charge in [-0.3, -0.25) is 0 Å². The van der Waals surface area contributed by atoms with Gasteiger partial charge in [0.2, 0.25) is 5.88 Å². The van der Waals surface area contributed by atoms with Crippen LogP contribution in [0.15, 0.2) is 71.9 Å². The molecule has 3 rings (SSSR count). The van der Waals surface area contributed by atoms with Gasteiger partial charge in [-0.25, -0.2) is 9.48 Å². The average molecular weight is 363 g/mol. The van der Waals surface area contributed by atoms with Crippen LogP contribution in [0.2, 0.25) is 0 Å². The van der Waals surface area contributed by atoms with E-state index in [1.165, 1.54) is 6.20 Å². The van der Waals surface area contributed by atoms with Gasteiger partial charge in [-0.05, 0) is 43.2 Å². The van der Waals surface area contributed by atoms with Crippen LogP contribution in [0.1, 0.15) is 18.9 Å². The first kappa shape index (κ1) is 18.4. The Balaban J connectivity index is 1.89. The molecule has 6 heteroatoms. The molecular weight excluding hydrogens is 342 g/mol. The first-order valence-electron chi connectivity index (χ1n) is 8.76. The van der Waals surface area contributed by atoms with Crippen LogP contribution in [0, 0.1) is 6.92 Å². The molecule has 0 spiro atoms. The number of para-hydroxylation sites is 1. The number of aryl methyl sites for hydroxylation is 1. The minimum absolute atomic E-state index is 0.367. The van der Waals surface area contributed by atoms with Gasteiger partial charge in [-0.15, -0.1) is 0 Å². The van der Waals surface area contributed by atoms with Gasteiger partial charge < -0.3 is 9.47 Å². The lowest BCUT2D eigenvalue weighted by Gasteiger charge is -2.12. The third-order valence-corrected chi connectivity index (χ3v) is 3.66. The molecule has 0 N–H and O–H groups in total. The van der Waals surface area contributed by atoms with Gasteiger partial charge in [0.1, 0.15) is 5.75 Å². The van der Waals surface area contributed by atoms with Gasteiger partial charge >= 0.3 is 6.09 Å². The summed E-state index contributed by atoms with van der Waals surface area (Å²) in [6.07, 6.45) is 1.65. The van der Waals surface area contributed by atoms with Gasteiger partial charge in [0.25, 0.3) is 0 Å². The Morgan fingerprint density at radius 1 is 1.11 bits per heavy atom. The summed E-state index contributed by atoms with van der Waals surface area (Å²) in [5.41, 5.74) is 1.86. The Bertz CT molecular complexity index is 981. The number of carbonyl (C=O) groups excluding carboxylic acids is 1. The lowest BCUT2D eigenvalue weighted by Crippen LogP contribution is -2.16. The van der Waals surface area contributed by atoms with Crippen molar-refractivity contribution in [2.24, 2.45) is 4.99 Å². The average Bonchev–Trinajstić information content (AvgIpc) is 2.67. The number of ether oxygens (including phenoxy) is 2. The molecule has 0 aliphatic carbocycles. The Labute approximate surface area is 157 Å². The number of nitrogens with zero attached hydrogens (tertiary/aromatic N) is 3. The van der Waals surface area contributed by atoms with E-state index in [0.29, 0.717) is 23.6 Å². The van der Waals surface area contributed by atoms with Crippen molar-refractivity contribution in [3.8, 4) is 17.3 Å². The molecule has 0 aliphatic heterocycles. The van der Waals surface area contributed by atoms with Crippen molar-refractivity contribution < 1.29 is 14.3 Å². The first-order chi connectivity index (χ1) is 13.2. The zero-order valence-electron chi connectivity index (χ0n) is 15.3. The van der Waals surface area contributed by atoms with E-state index in [4.69, 9.17) is 9.47 Å². The minimum Gasteiger partial charge on any atom is -0.478 e. The number of benzene rings is 2. The predicted octanol–water partition coefficient (Wildman–Crippen LogP) is 4.07. The van der Waals surface area contributed by atoms with Crippen LogP contribution in [0.5, 0.6) is 11.6 Å². The normalized spacial score (nSPS) is 11.3. The van der Waals surface area contributed by atoms with E-state index in [9.17, 15) is 4.79 Å². The fraction of sp³-hybridized carbons (Fsp3) is 0.190. The number of rotatable bonds is 5. The zero-order valence-corrected chi connectivity index (χ0v) is 15.3. The van der Waals surface area contributed by atoms with Crippen LogP contribution in [0.25, 0.3) is 5.69 Å². The maximum Gasteiger partial charge on any atom is 0.439 e. The standard InChI is InChI=1S/C21H21N3O3/c1-3-12-26-20-14-17(15-22-24(20)18-9-5-4-6-10-18)23-21(25)27-19-11-7-8-16(2)13-19/h4-11,13-15H,3,12H2,1-2H3/b23-17+. The predicted molar refractivity (Wildman–Crippen MR) is 102 cm³/mol. The zero-order chi connectivity index (χ0) is 19.1. The van der Waals surface area contributed by atoms with Crippen molar-refractivity contribution in [3.05, 3.63) is 77.8 Å². The van der Waals surface area contributed by atoms with Crippen LogP contribution in [0.4, 0.5) is 4.79 Å². The highest BCUT2D eigenvalue weighted by atomic mass is 16.5. The molecule has 27 heavy (non-hydrogen) atoms. The molecule has 1 aromatic heterocycles. The van der Waals surface area contributed by atoms with Crippen molar-refractivity contribution in [2.45, 2.75) is 20.3 Å². The monoisotopic (exact) mass is 363 g/mol. The van der Waals surface area contributed by atoms with Crippen LogP contribution >= 0.6 is 0 Å². The number of hydrogen-bond acceptors (Lipinski definition) is 4. The van der Waals surface area contributed by atoms with Gasteiger partial charge in [0.05, 0.1) is 23.8 Å². The highest BCUT2D eigenvalue weighted by Crippen LogP contribution is 2.15. The molecule has 2 aromatic carbocycles. The summed E-state index contributed by atoms with van der Waals surface area (Å²) >= 11 is 0. The molecule has 0 saturated carbocycles. The molecule has 0 fully saturated rings. The summed E-state index contributed by atoms with van der Waals surface area (Å²) in [6, 6.07) is 18.5. The van der Waals surface area contributed by atoms with Crippen LogP contribution in [-0.2, 0) is 0 Å². The molecule has 0 saturated heterocycles. The minimum atomic E-state index is -0.707. The van der Waals surface area contributed by atoms with Crippen LogP contribution < -0.4 is 14.8 Å². The molecular formula is C21H21N3O3. The third-order valence-electron chi connectivity index (χ3n) is 3.66. The molecule has 0 bridgehead atoms. The van der Waals surface area contributed by atoms with E-state index in [1.807, 2.05) is 56.3 Å². The van der Waals surface area contributed by atoms with Crippen molar-refractivity contribution >= 4 is 6.09 Å². The summed E-state index contributed by atoms with van der Waals surface area (Å²) in [7, 11) is 0. The van der Waals surface area contributed by atoms with Crippen molar-refractivity contribution in [1.82, 2.24) is 9.78 Å². The highest BCUT2D eigenvalue weighted by molar-refractivity contribution is 5.71. The SMILES string of the molecule is CCCOc1c/c(=N\C(=O)Oc2cccc(C)c2)cnn1-c1ccccc1. The van der Waals surface area contributed by atoms with Gasteiger partial charge in [0, 0.05) is 6.07 Å². The Morgan fingerprint density at radius 3 is 2.67 bits per heavy atom. The van der Waals surface area contributed by atoms with E-state index < -0.39 is 6.09 Å². The van der Waals surface area contributed by atoms with Crippen molar-refractivity contribution in [1.29, 1.82) is 0 Å². The topological polar surface area (TPSA) is 65.7 Å². The third kappa shape index (κ3) is 5.04. The second-order valence-electron chi connectivity index (χ2n) is 5.94. The maximum atomic E-state index is 12.1. The summed E-state index contributed by atoms with van der Waals surface area (Å²) < 4.78 is 12.7. The van der Waals surface area contributed by atoms with E-state index >= 15 is 0 Å².